The number of carbonyl (C=O) groups excluding carboxylic acids is 4. The van der Waals surface area contributed by atoms with E-state index in [0.29, 0.717) is 28.3 Å². The van der Waals surface area contributed by atoms with Gasteiger partial charge in [0.05, 0.1) is 18.6 Å². The van der Waals surface area contributed by atoms with Crippen LogP contribution in [0.3, 0.4) is 0 Å². The number of methoxy groups -OCH3 is 1. The van der Waals surface area contributed by atoms with Gasteiger partial charge in [0.1, 0.15) is 23.0 Å². The van der Waals surface area contributed by atoms with Crippen molar-refractivity contribution in [3.05, 3.63) is 114 Å². The SMILES string of the molecule is COc1ccc(Oc2ccc(N3C[C@H](C(=O)OCC(=O)c4ccc(OC(=O)c5ccc(C)cc5)cc4)CC3=O)cc2)cc1. The number of nitrogens with zero attached hydrogens (tertiary/aromatic N) is 1. The fourth-order valence-corrected chi connectivity index (χ4v) is 4.49. The number of amides is 1. The van der Waals surface area contributed by atoms with E-state index in [-0.39, 0.29) is 24.6 Å². The Morgan fingerprint density at radius 1 is 0.744 bits per heavy atom. The fourth-order valence-electron chi connectivity index (χ4n) is 4.49. The second-order valence-electron chi connectivity index (χ2n) is 9.99. The molecule has 0 aliphatic carbocycles. The molecule has 1 fully saturated rings. The first-order valence-corrected chi connectivity index (χ1v) is 13.6. The van der Waals surface area contributed by atoms with E-state index in [2.05, 4.69) is 0 Å². The number of esters is 2. The minimum absolute atomic E-state index is 0.0157. The van der Waals surface area contributed by atoms with E-state index in [1.54, 1.807) is 67.8 Å². The van der Waals surface area contributed by atoms with Gasteiger partial charge in [0.2, 0.25) is 5.91 Å². The molecule has 1 amide bonds. The minimum atomic E-state index is -0.695. The van der Waals surface area contributed by atoms with Crippen molar-refractivity contribution < 1.29 is 38.1 Å². The molecular formula is C34H29NO8. The monoisotopic (exact) mass is 579 g/mol. The highest BCUT2D eigenvalue weighted by Gasteiger charge is 2.36. The summed E-state index contributed by atoms with van der Waals surface area (Å²) in [6.45, 7) is 1.60. The molecule has 1 saturated heterocycles. The molecule has 9 heteroatoms. The molecule has 0 radical (unpaired) electrons. The molecule has 0 unspecified atom stereocenters. The average Bonchev–Trinajstić information content (AvgIpc) is 3.42. The number of carbonyl (C=O) groups is 4. The lowest BCUT2D eigenvalue weighted by Crippen LogP contribution is -2.27. The van der Waals surface area contributed by atoms with Crippen molar-refractivity contribution in [3.8, 4) is 23.0 Å². The van der Waals surface area contributed by atoms with Gasteiger partial charge in [-0.2, -0.15) is 0 Å². The van der Waals surface area contributed by atoms with E-state index in [1.165, 1.54) is 29.2 Å². The zero-order chi connectivity index (χ0) is 30.3. The third-order valence-corrected chi connectivity index (χ3v) is 6.92. The van der Waals surface area contributed by atoms with Crippen LogP contribution in [-0.2, 0) is 14.3 Å². The van der Waals surface area contributed by atoms with E-state index < -0.39 is 30.2 Å². The van der Waals surface area contributed by atoms with Gasteiger partial charge in [0, 0.05) is 24.2 Å². The molecule has 4 aromatic rings. The summed E-state index contributed by atoms with van der Waals surface area (Å²) in [5, 5.41) is 0. The number of ketones is 1. The summed E-state index contributed by atoms with van der Waals surface area (Å²) in [7, 11) is 1.59. The number of benzene rings is 4. The van der Waals surface area contributed by atoms with Crippen LogP contribution in [0.1, 0.15) is 32.7 Å². The maximum atomic E-state index is 12.7. The molecule has 43 heavy (non-hydrogen) atoms. The van der Waals surface area contributed by atoms with E-state index in [1.807, 2.05) is 19.1 Å². The number of ether oxygens (including phenoxy) is 4. The summed E-state index contributed by atoms with van der Waals surface area (Å²) in [6, 6.07) is 27.1. The Labute approximate surface area is 248 Å². The molecule has 218 valence electrons. The summed E-state index contributed by atoms with van der Waals surface area (Å²) in [5.74, 6) is -0.221. The van der Waals surface area contributed by atoms with Crippen molar-refractivity contribution in [1.29, 1.82) is 0 Å². The van der Waals surface area contributed by atoms with Crippen LogP contribution in [0, 0.1) is 12.8 Å². The lowest BCUT2D eigenvalue weighted by Gasteiger charge is -2.17. The van der Waals surface area contributed by atoms with E-state index in [9.17, 15) is 19.2 Å². The molecule has 1 atom stereocenters. The molecule has 1 aliphatic rings. The van der Waals surface area contributed by atoms with Gasteiger partial charge in [0.15, 0.2) is 12.4 Å². The van der Waals surface area contributed by atoms with E-state index >= 15 is 0 Å². The zero-order valence-electron chi connectivity index (χ0n) is 23.6. The van der Waals surface area contributed by atoms with Crippen LogP contribution in [0.5, 0.6) is 23.0 Å². The van der Waals surface area contributed by atoms with Gasteiger partial charge in [-0.25, -0.2) is 4.79 Å². The number of hydrogen-bond acceptors (Lipinski definition) is 8. The van der Waals surface area contributed by atoms with Gasteiger partial charge in [0.25, 0.3) is 0 Å². The largest absolute Gasteiger partial charge is 0.497 e. The third-order valence-electron chi connectivity index (χ3n) is 6.92. The van der Waals surface area contributed by atoms with Crippen molar-refractivity contribution in [2.24, 2.45) is 5.92 Å². The predicted octanol–water partition coefficient (Wildman–Crippen LogP) is 5.79. The van der Waals surface area contributed by atoms with Crippen molar-refractivity contribution in [3.63, 3.8) is 0 Å². The van der Waals surface area contributed by atoms with Gasteiger partial charge in [-0.1, -0.05) is 17.7 Å². The first-order valence-electron chi connectivity index (χ1n) is 13.6. The Bertz CT molecular complexity index is 1610. The first kappa shape index (κ1) is 29.1. The van der Waals surface area contributed by atoms with Gasteiger partial charge >= 0.3 is 11.9 Å². The molecule has 9 nitrogen and oxygen atoms in total. The quantitative estimate of drug-likeness (QED) is 0.132. The Balaban J connectivity index is 1.10. The second-order valence-corrected chi connectivity index (χ2v) is 9.99. The summed E-state index contributed by atoms with van der Waals surface area (Å²) >= 11 is 0. The average molecular weight is 580 g/mol. The highest BCUT2D eigenvalue weighted by Crippen LogP contribution is 2.30. The van der Waals surface area contributed by atoms with Gasteiger partial charge < -0.3 is 23.8 Å². The Kier molecular flexibility index (Phi) is 8.81. The number of aryl methyl sites for hydroxylation is 1. The highest BCUT2D eigenvalue weighted by molar-refractivity contribution is 6.01. The van der Waals surface area contributed by atoms with Crippen molar-refractivity contribution in [2.45, 2.75) is 13.3 Å². The van der Waals surface area contributed by atoms with Crippen molar-refractivity contribution in [1.82, 2.24) is 0 Å². The number of Topliss-reactive ketones (excluding diaryl/α,β-unsaturated/α-hetero) is 1. The smallest absolute Gasteiger partial charge is 0.343 e. The first-order chi connectivity index (χ1) is 20.8. The Morgan fingerprint density at radius 2 is 1.30 bits per heavy atom. The molecule has 0 spiro atoms. The standard InChI is InChI=1S/C34H29NO8/c1-22-3-5-24(6-4-22)34(39)43-30-11-7-23(8-12-30)31(36)21-41-33(38)25-19-32(37)35(20-25)26-9-13-28(14-10-26)42-29-17-15-27(40-2)16-18-29/h3-18,25H,19-21H2,1-2H3/t25-/m1/s1. The molecule has 0 aromatic heterocycles. The summed E-state index contributed by atoms with van der Waals surface area (Å²) in [6.07, 6.45) is -0.0157. The van der Waals surface area contributed by atoms with Gasteiger partial charge in [-0.15, -0.1) is 0 Å². The molecule has 5 rings (SSSR count). The maximum absolute atomic E-state index is 12.7. The zero-order valence-corrected chi connectivity index (χ0v) is 23.6. The number of anilines is 1. The molecule has 0 saturated carbocycles. The van der Waals surface area contributed by atoms with Gasteiger partial charge in [-0.3, -0.25) is 14.4 Å². The second kappa shape index (κ2) is 13.0. The van der Waals surface area contributed by atoms with Crippen LogP contribution in [0.2, 0.25) is 0 Å². The van der Waals surface area contributed by atoms with Crippen LogP contribution in [-0.4, -0.2) is 43.9 Å². The van der Waals surface area contributed by atoms with Crippen LogP contribution in [0.4, 0.5) is 5.69 Å². The molecule has 4 aromatic carbocycles. The maximum Gasteiger partial charge on any atom is 0.343 e. The summed E-state index contributed by atoms with van der Waals surface area (Å²) < 4.78 is 21.6. The van der Waals surface area contributed by atoms with Crippen molar-refractivity contribution >= 4 is 29.3 Å². The Morgan fingerprint density at radius 3 is 1.93 bits per heavy atom. The molecule has 0 N–H and O–H groups in total. The summed E-state index contributed by atoms with van der Waals surface area (Å²) in [5.41, 5.74) is 2.36. The Hall–Kier alpha value is -5.44. The minimum Gasteiger partial charge on any atom is -0.497 e. The van der Waals surface area contributed by atoms with Crippen molar-refractivity contribution in [2.75, 3.05) is 25.2 Å². The number of hydrogen-bond donors (Lipinski definition) is 0. The lowest BCUT2D eigenvalue weighted by molar-refractivity contribution is -0.147. The third kappa shape index (κ3) is 7.26. The van der Waals surface area contributed by atoms with Crippen LogP contribution >= 0.6 is 0 Å². The summed E-state index contributed by atoms with van der Waals surface area (Å²) in [4.78, 5) is 51.8. The fraction of sp³-hybridized carbons (Fsp3) is 0.176. The highest BCUT2D eigenvalue weighted by atomic mass is 16.5. The molecule has 1 aliphatic heterocycles. The van der Waals surface area contributed by atoms with E-state index in [0.717, 1.165) is 11.3 Å². The molecule has 1 heterocycles. The van der Waals surface area contributed by atoms with Crippen LogP contribution < -0.4 is 19.1 Å². The topological polar surface area (TPSA) is 108 Å². The predicted molar refractivity (Wildman–Crippen MR) is 158 cm³/mol. The van der Waals surface area contributed by atoms with Crippen LogP contribution in [0.25, 0.3) is 0 Å². The molecule has 0 bridgehead atoms. The van der Waals surface area contributed by atoms with E-state index in [4.69, 9.17) is 18.9 Å². The van der Waals surface area contributed by atoms with Crippen LogP contribution in [0.15, 0.2) is 97.1 Å². The lowest BCUT2D eigenvalue weighted by atomic mass is 10.1. The number of rotatable bonds is 10. The normalized spacial score (nSPS) is 14.2. The van der Waals surface area contributed by atoms with Gasteiger partial charge in [-0.05, 0) is 91.9 Å². The molecular weight excluding hydrogens is 550 g/mol.